The van der Waals surface area contributed by atoms with E-state index in [2.05, 4.69) is 61.8 Å². The molecule has 0 aliphatic carbocycles. The van der Waals surface area contributed by atoms with E-state index in [1.54, 1.807) is 24.3 Å². The first kappa shape index (κ1) is 39.9. The molecule has 0 spiro atoms. The van der Waals surface area contributed by atoms with Crippen LogP contribution in [0, 0.1) is 6.92 Å². The highest BCUT2D eigenvalue weighted by atomic mass is 32.2. The summed E-state index contributed by atoms with van der Waals surface area (Å²) >= 11 is 0. The molecule has 0 aliphatic rings. The summed E-state index contributed by atoms with van der Waals surface area (Å²) in [7, 11) is -4.64. The van der Waals surface area contributed by atoms with Gasteiger partial charge in [-0.25, -0.2) is 0 Å². The summed E-state index contributed by atoms with van der Waals surface area (Å²) in [5, 5.41) is 18.8. The Hall–Kier alpha value is -6.73. The molecule has 11 N–H and O–H groups in total. The third-order valence-electron chi connectivity index (χ3n) is 8.01. The third kappa shape index (κ3) is 11.9. The van der Waals surface area contributed by atoms with Gasteiger partial charge in [0.1, 0.15) is 4.90 Å². The summed E-state index contributed by atoms with van der Waals surface area (Å²) in [5.41, 5.74) is 16.4. The van der Waals surface area contributed by atoms with Crippen molar-refractivity contribution in [1.82, 2.24) is 29.9 Å². The molecule has 4 aromatic carbocycles. The predicted octanol–water partition coefficient (Wildman–Crippen LogP) is 6.27. The smallest absolute Gasteiger partial charge is 0.295 e. The maximum Gasteiger partial charge on any atom is 0.295 e. The van der Waals surface area contributed by atoms with Crippen molar-refractivity contribution in [3.63, 3.8) is 0 Å². The van der Waals surface area contributed by atoms with E-state index >= 15 is 0 Å². The average Bonchev–Trinajstić information content (AvgIpc) is 3.16. The molecule has 0 saturated carbocycles. The predicted molar refractivity (Wildman–Crippen MR) is 226 cm³/mol. The normalized spacial score (nSPS) is 12.5. The van der Waals surface area contributed by atoms with Gasteiger partial charge >= 0.3 is 0 Å². The van der Waals surface area contributed by atoms with E-state index in [9.17, 15) is 13.0 Å². The Bertz CT molecular complexity index is 2430. The van der Waals surface area contributed by atoms with E-state index in [1.807, 2.05) is 99.6 Å². The molecule has 0 saturated heterocycles. The first-order chi connectivity index (χ1) is 27.4. The average molecular weight is 789 g/mol. The fourth-order valence-corrected chi connectivity index (χ4v) is 6.00. The number of benzene rings is 4. The van der Waals surface area contributed by atoms with Crippen molar-refractivity contribution in [1.29, 1.82) is 0 Å². The molecule has 17 nitrogen and oxygen atoms in total. The van der Waals surface area contributed by atoms with Crippen molar-refractivity contribution in [3.05, 3.63) is 114 Å². The Kier molecular flexibility index (Phi) is 12.8. The van der Waals surface area contributed by atoms with E-state index in [0.29, 0.717) is 42.3 Å². The van der Waals surface area contributed by atoms with Gasteiger partial charge in [0, 0.05) is 47.9 Å². The maximum atomic E-state index is 12.6. The Morgan fingerprint density at radius 2 is 0.947 bits per heavy atom. The minimum absolute atomic E-state index is 0.115. The zero-order chi connectivity index (χ0) is 40.4. The molecular formula is C39H44N14O3S. The summed E-state index contributed by atoms with van der Waals surface area (Å²) in [4.78, 5) is 26.5. The maximum absolute atomic E-state index is 12.6. The number of rotatable bonds is 17. The molecule has 6 rings (SSSR count). The molecule has 0 bridgehead atoms. The van der Waals surface area contributed by atoms with Gasteiger partial charge in [0.2, 0.25) is 35.7 Å². The number of anilines is 10. The van der Waals surface area contributed by atoms with Gasteiger partial charge in [0.15, 0.2) is 0 Å². The van der Waals surface area contributed by atoms with Crippen molar-refractivity contribution >= 4 is 80.7 Å². The molecule has 294 valence electrons. The minimum Gasteiger partial charge on any atom is -0.352 e. The van der Waals surface area contributed by atoms with Crippen LogP contribution >= 0.6 is 0 Å². The van der Waals surface area contributed by atoms with Crippen molar-refractivity contribution in [3.8, 4) is 0 Å². The van der Waals surface area contributed by atoms with Gasteiger partial charge in [-0.05, 0) is 86.0 Å². The molecule has 2 aromatic heterocycles. The number of hydrogen-bond donors (Lipinski definition) is 9. The van der Waals surface area contributed by atoms with Crippen LogP contribution in [0.15, 0.2) is 102 Å². The van der Waals surface area contributed by atoms with Crippen molar-refractivity contribution in [2.75, 3.05) is 45.0 Å². The monoisotopic (exact) mass is 788 g/mol. The van der Waals surface area contributed by atoms with Gasteiger partial charge in [0.05, 0.1) is 0 Å². The lowest BCUT2D eigenvalue weighted by Gasteiger charge is -2.13. The highest BCUT2D eigenvalue weighted by Crippen LogP contribution is 2.27. The van der Waals surface area contributed by atoms with E-state index in [1.165, 1.54) is 6.07 Å². The second-order valence-corrected chi connectivity index (χ2v) is 14.6. The number of nitrogens with two attached hydrogens (primary N) is 2. The molecule has 57 heavy (non-hydrogen) atoms. The summed E-state index contributed by atoms with van der Waals surface area (Å²) in [5.74, 6) is 1.63. The first-order valence-electron chi connectivity index (χ1n) is 18.0. The van der Waals surface area contributed by atoms with E-state index < -0.39 is 10.1 Å². The van der Waals surface area contributed by atoms with Gasteiger partial charge in [-0.1, -0.05) is 60.7 Å². The van der Waals surface area contributed by atoms with Gasteiger partial charge < -0.3 is 43.4 Å². The van der Waals surface area contributed by atoms with Gasteiger partial charge in [-0.3, -0.25) is 4.55 Å². The number of aromatic nitrogens is 6. The second kappa shape index (κ2) is 18.3. The van der Waals surface area contributed by atoms with Crippen LogP contribution in [0.25, 0.3) is 12.2 Å². The molecule has 2 heterocycles. The Morgan fingerprint density at radius 3 is 1.37 bits per heavy atom. The Labute approximate surface area is 330 Å². The summed E-state index contributed by atoms with van der Waals surface area (Å²) in [6.45, 7) is 6.51. The van der Waals surface area contributed by atoms with Crippen molar-refractivity contribution in [2.24, 2.45) is 11.5 Å². The minimum atomic E-state index is -4.64. The number of nitrogens with zero attached hydrogens (tertiary/aromatic N) is 6. The highest BCUT2D eigenvalue weighted by molar-refractivity contribution is 7.86. The zero-order valence-corrected chi connectivity index (χ0v) is 32.3. The lowest BCUT2D eigenvalue weighted by atomic mass is 10.1. The molecule has 2 atom stereocenters. The highest BCUT2D eigenvalue weighted by Gasteiger charge is 2.17. The summed E-state index contributed by atoms with van der Waals surface area (Å²) < 4.78 is 35.5. The van der Waals surface area contributed by atoms with Crippen LogP contribution in [-0.4, -0.2) is 68.0 Å². The SMILES string of the molecule is Cc1cc(Nc2nc(NCC(C)N)nc(Nc3ccccc3)n2)ccc1/C=C/c1ccc(Nc2nc(NCC(C)N)nc(Nc3ccccc3)n2)cc1S(=O)(=O)O. The number of hydrogen-bond acceptors (Lipinski definition) is 16. The fourth-order valence-electron chi connectivity index (χ4n) is 5.29. The number of aryl methyl sites for hydroxylation is 1. The molecule has 6 aromatic rings. The zero-order valence-electron chi connectivity index (χ0n) is 31.5. The summed E-state index contributed by atoms with van der Waals surface area (Å²) in [6, 6.07) is 28.8. The molecule has 0 aliphatic heterocycles. The van der Waals surface area contributed by atoms with Crippen LogP contribution in [0.4, 0.5) is 58.4 Å². The van der Waals surface area contributed by atoms with Gasteiger partial charge in [0.25, 0.3) is 10.1 Å². The molecular weight excluding hydrogens is 745 g/mol. The Morgan fingerprint density at radius 1 is 0.561 bits per heavy atom. The van der Waals surface area contributed by atoms with Gasteiger partial charge in [-0.2, -0.15) is 38.3 Å². The van der Waals surface area contributed by atoms with Crippen LogP contribution in [0.5, 0.6) is 0 Å². The van der Waals surface area contributed by atoms with Crippen LogP contribution in [0.3, 0.4) is 0 Å². The van der Waals surface area contributed by atoms with Crippen LogP contribution in [0.2, 0.25) is 0 Å². The van der Waals surface area contributed by atoms with Crippen LogP contribution in [-0.2, 0) is 10.1 Å². The number of para-hydroxylation sites is 2. The van der Waals surface area contributed by atoms with Crippen LogP contribution in [0.1, 0.15) is 30.5 Å². The van der Waals surface area contributed by atoms with E-state index in [4.69, 9.17) is 11.5 Å². The second-order valence-electron chi connectivity index (χ2n) is 13.2. The Balaban J connectivity index is 1.21. The molecule has 0 radical (unpaired) electrons. The first-order valence-corrected chi connectivity index (χ1v) is 19.4. The molecule has 2 unspecified atom stereocenters. The fraction of sp³-hybridized carbons (Fsp3) is 0.179. The van der Waals surface area contributed by atoms with E-state index in [0.717, 1.165) is 22.5 Å². The topological polar surface area (TPSA) is 256 Å². The molecule has 18 heteroatoms. The number of nitrogens with one attached hydrogen (secondary N) is 6. The van der Waals surface area contributed by atoms with Gasteiger partial charge in [-0.15, -0.1) is 0 Å². The lowest BCUT2D eigenvalue weighted by Crippen LogP contribution is -2.26. The van der Waals surface area contributed by atoms with Crippen LogP contribution < -0.4 is 43.4 Å². The largest absolute Gasteiger partial charge is 0.352 e. The van der Waals surface area contributed by atoms with E-state index in [-0.39, 0.29) is 40.4 Å². The quantitative estimate of drug-likeness (QED) is 0.0364. The molecule has 0 fully saturated rings. The molecule has 0 amide bonds. The van der Waals surface area contributed by atoms with Crippen molar-refractivity contribution < 1.29 is 13.0 Å². The third-order valence-corrected chi connectivity index (χ3v) is 8.92. The lowest BCUT2D eigenvalue weighted by molar-refractivity contribution is 0.483. The van der Waals surface area contributed by atoms with Crippen molar-refractivity contribution in [2.45, 2.75) is 37.8 Å². The summed E-state index contributed by atoms with van der Waals surface area (Å²) in [6.07, 6.45) is 3.38. The standard InChI is InChI=1S/C39H44N14O3S/c1-24-20-31(46-38-50-34(42-22-25(2)40)48-36(52-38)44-29-10-6-4-7-11-29)18-16-27(24)14-15-28-17-19-32(21-33(28)57(54,55)56)47-39-51-35(43-23-26(3)41)49-37(53-39)45-30-12-8-5-9-13-30/h4-21,25-26H,22-23,40-41H2,1-3H3,(H,54,55,56)(H3,42,44,46,48,50,52)(H3,43,45,47,49,51,53)/b15-14+.